The molecule has 0 saturated heterocycles. The van der Waals surface area contributed by atoms with Crippen molar-refractivity contribution >= 4 is 40.6 Å². The average molecular weight is 376 g/mol. The molecule has 3 rings (SSSR count). The van der Waals surface area contributed by atoms with E-state index in [1.165, 1.54) is 11.8 Å². The number of hydrogen-bond acceptors (Lipinski definition) is 5. The number of rotatable bonds is 8. The van der Waals surface area contributed by atoms with Gasteiger partial charge in [0.25, 0.3) is 5.91 Å². The molecule has 25 heavy (non-hydrogen) atoms. The summed E-state index contributed by atoms with van der Waals surface area (Å²) in [5.74, 6) is 0.722. The van der Waals surface area contributed by atoms with Gasteiger partial charge in [0.15, 0.2) is 0 Å². The fraction of sp³-hybridized carbons (Fsp3) is 0.333. The molecular formula is C18H21N3O2S2. The number of anilines is 1. The van der Waals surface area contributed by atoms with Crippen LogP contribution >= 0.6 is 23.1 Å². The first kappa shape index (κ1) is 18.0. The molecule has 0 bridgehead atoms. The fourth-order valence-electron chi connectivity index (χ4n) is 2.39. The lowest BCUT2D eigenvalue weighted by Gasteiger charge is -2.12. The Bertz CT molecular complexity index is 712. The molecule has 1 aliphatic carbocycles. The highest BCUT2D eigenvalue weighted by atomic mass is 32.2. The molecule has 2 aromatic rings. The maximum absolute atomic E-state index is 12.1. The van der Waals surface area contributed by atoms with Gasteiger partial charge in [0, 0.05) is 23.8 Å². The van der Waals surface area contributed by atoms with Crippen molar-refractivity contribution in [2.75, 3.05) is 17.6 Å². The number of nitrogens with one attached hydrogen (secondary N) is 2. The van der Waals surface area contributed by atoms with Crippen LogP contribution in [0.15, 0.2) is 46.0 Å². The highest BCUT2D eigenvalue weighted by molar-refractivity contribution is 8.01. The first-order valence-corrected chi connectivity index (χ1v) is 10.1. The molecule has 0 spiro atoms. The van der Waals surface area contributed by atoms with Crippen molar-refractivity contribution < 1.29 is 9.59 Å². The zero-order valence-electron chi connectivity index (χ0n) is 13.7. The molecule has 1 heterocycles. The fourth-order valence-corrected chi connectivity index (χ4v) is 3.97. The number of thioether (sulfide) groups is 1. The van der Waals surface area contributed by atoms with Crippen molar-refractivity contribution in [2.45, 2.75) is 23.1 Å². The number of carbonyl (C=O) groups is 2. The van der Waals surface area contributed by atoms with Crippen LogP contribution in [0.5, 0.6) is 0 Å². The van der Waals surface area contributed by atoms with Crippen LogP contribution in [0, 0.1) is 5.92 Å². The van der Waals surface area contributed by atoms with E-state index < -0.39 is 0 Å². The minimum Gasteiger partial charge on any atom is -0.350 e. The average Bonchev–Trinajstić information content (AvgIpc) is 3.34. The number of nitrogens with two attached hydrogens (primary N) is 1. The molecule has 0 radical (unpaired) electrons. The van der Waals surface area contributed by atoms with Crippen LogP contribution in [0.3, 0.4) is 0 Å². The second-order valence-corrected chi connectivity index (χ2v) is 8.28. The van der Waals surface area contributed by atoms with Crippen LogP contribution in [0.1, 0.15) is 23.2 Å². The molecule has 2 amide bonds. The van der Waals surface area contributed by atoms with E-state index in [0.717, 1.165) is 17.1 Å². The Kier molecular flexibility index (Phi) is 6.12. The summed E-state index contributed by atoms with van der Waals surface area (Å²) in [6.07, 6.45) is 2.33. The van der Waals surface area contributed by atoms with E-state index >= 15 is 0 Å². The molecule has 1 fully saturated rings. The largest absolute Gasteiger partial charge is 0.350 e. The lowest BCUT2D eigenvalue weighted by molar-refractivity contribution is -0.113. The van der Waals surface area contributed by atoms with Crippen LogP contribution in [0.4, 0.5) is 5.69 Å². The lowest BCUT2D eigenvalue weighted by atomic mass is 10.1. The lowest BCUT2D eigenvalue weighted by Crippen LogP contribution is -2.38. The van der Waals surface area contributed by atoms with E-state index in [-0.39, 0.29) is 17.9 Å². The zero-order valence-corrected chi connectivity index (χ0v) is 15.4. The summed E-state index contributed by atoms with van der Waals surface area (Å²) >= 11 is 3.13. The van der Waals surface area contributed by atoms with Crippen LogP contribution < -0.4 is 16.4 Å². The molecule has 5 nitrogen and oxygen atoms in total. The predicted octanol–water partition coefficient (Wildman–Crippen LogP) is 2.95. The van der Waals surface area contributed by atoms with Crippen molar-refractivity contribution in [2.24, 2.45) is 11.7 Å². The van der Waals surface area contributed by atoms with Gasteiger partial charge in [0.05, 0.1) is 9.96 Å². The van der Waals surface area contributed by atoms with Gasteiger partial charge in [-0.05, 0) is 54.5 Å². The summed E-state index contributed by atoms with van der Waals surface area (Å²) < 4.78 is 1.12. The predicted molar refractivity (Wildman–Crippen MR) is 103 cm³/mol. The van der Waals surface area contributed by atoms with Gasteiger partial charge in [-0.1, -0.05) is 6.07 Å². The highest BCUT2D eigenvalue weighted by Gasteiger charge is 2.28. The van der Waals surface area contributed by atoms with E-state index in [9.17, 15) is 9.59 Å². The quantitative estimate of drug-likeness (QED) is 0.620. The van der Waals surface area contributed by atoms with Gasteiger partial charge >= 0.3 is 0 Å². The molecule has 0 aliphatic heterocycles. The minimum absolute atomic E-state index is 0.0448. The Morgan fingerprint density at radius 2 is 2.00 bits per heavy atom. The van der Waals surface area contributed by atoms with E-state index in [1.54, 1.807) is 35.6 Å². The van der Waals surface area contributed by atoms with Gasteiger partial charge in [0.1, 0.15) is 0 Å². The van der Waals surface area contributed by atoms with Gasteiger partial charge in [0.2, 0.25) is 5.91 Å². The molecule has 4 N–H and O–H groups in total. The van der Waals surface area contributed by atoms with Crippen LogP contribution in [0.2, 0.25) is 0 Å². The molecule has 1 aromatic carbocycles. The van der Waals surface area contributed by atoms with Gasteiger partial charge in [-0.3, -0.25) is 9.59 Å². The van der Waals surface area contributed by atoms with E-state index in [0.29, 0.717) is 29.5 Å². The Morgan fingerprint density at radius 3 is 2.64 bits per heavy atom. The number of benzene rings is 1. The van der Waals surface area contributed by atoms with E-state index in [4.69, 9.17) is 5.73 Å². The summed E-state index contributed by atoms with van der Waals surface area (Å²) in [7, 11) is 0. The Hall–Kier alpha value is -1.83. The zero-order chi connectivity index (χ0) is 17.6. The highest BCUT2D eigenvalue weighted by Crippen LogP contribution is 2.31. The number of hydrogen-bond donors (Lipinski definition) is 3. The standard InChI is InChI=1S/C18H21N3O2S2/c19-15(12-3-4-12)10-20-18(23)13-5-7-14(8-6-13)21-16(22)11-25-17-2-1-9-24-17/h1-2,5-9,12,15H,3-4,10-11,19H2,(H,20,23)(H,21,22). The van der Waals surface area contributed by atoms with Crippen molar-refractivity contribution in [3.63, 3.8) is 0 Å². The second-order valence-electron chi connectivity index (χ2n) is 6.06. The molecule has 1 saturated carbocycles. The van der Waals surface area contributed by atoms with Crippen molar-refractivity contribution in [1.82, 2.24) is 5.32 Å². The second kappa shape index (κ2) is 8.51. The van der Waals surface area contributed by atoms with Crippen LogP contribution in [0.25, 0.3) is 0 Å². The first-order valence-electron chi connectivity index (χ1n) is 8.22. The SMILES string of the molecule is NC(CNC(=O)c1ccc(NC(=O)CSc2cccs2)cc1)C1CC1. The van der Waals surface area contributed by atoms with Crippen LogP contribution in [-0.4, -0.2) is 30.2 Å². The monoisotopic (exact) mass is 375 g/mol. The molecule has 7 heteroatoms. The molecule has 1 atom stereocenters. The van der Waals surface area contributed by atoms with Gasteiger partial charge in [-0.15, -0.1) is 23.1 Å². The smallest absolute Gasteiger partial charge is 0.251 e. The summed E-state index contributed by atoms with van der Waals surface area (Å²) in [6.45, 7) is 0.502. The van der Waals surface area contributed by atoms with Crippen molar-refractivity contribution in [3.05, 3.63) is 47.3 Å². The number of carbonyl (C=O) groups excluding carboxylic acids is 2. The van der Waals surface area contributed by atoms with Gasteiger partial charge in [-0.25, -0.2) is 0 Å². The third-order valence-electron chi connectivity index (χ3n) is 4.00. The topological polar surface area (TPSA) is 84.2 Å². The number of amides is 2. The molecular weight excluding hydrogens is 354 g/mol. The minimum atomic E-state index is -0.137. The summed E-state index contributed by atoms with van der Waals surface area (Å²) in [6, 6.07) is 10.9. The van der Waals surface area contributed by atoms with Crippen LogP contribution in [-0.2, 0) is 4.79 Å². The third-order valence-corrected chi connectivity index (χ3v) is 6.13. The maximum Gasteiger partial charge on any atom is 0.251 e. The summed E-state index contributed by atoms with van der Waals surface area (Å²) in [4.78, 5) is 24.1. The van der Waals surface area contributed by atoms with Gasteiger partial charge in [-0.2, -0.15) is 0 Å². The number of thiophene rings is 1. The Labute approximate surface area is 155 Å². The summed E-state index contributed by atoms with van der Waals surface area (Å²) in [5, 5.41) is 7.69. The molecule has 1 aliphatic rings. The van der Waals surface area contributed by atoms with Crippen molar-refractivity contribution in [3.8, 4) is 0 Å². The van der Waals surface area contributed by atoms with Crippen molar-refractivity contribution in [1.29, 1.82) is 0 Å². The molecule has 1 unspecified atom stereocenters. The first-order chi connectivity index (χ1) is 12.1. The summed E-state index contributed by atoms with van der Waals surface area (Å²) in [5.41, 5.74) is 7.23. The van der Waals surface area contributed by atoms with E-state index in [2.05, 4.69) is 10.6 Å². The molecule has 132 valence electrons. The third kappa shape index (κ3) is 5.59. The Morgan fingerprint density at radius 1 is 1.24 bits per heavy atom. The van der Waals surface area contributed by atoms with E-state index in [1.807, 2.05) is 17.5 Å². The normalized spacial score (nSPS) is 14.8. The van der Waals surface area contributed by atoms with Gasteiger partial charge < -0.3 is 16.4 Å². The molecule has 1 aromatic heterocycles. The maximum atomic E-state index is 12.1. The Balaban J connectivity index is 1.44.